The van der Waals surface area contributed by atoms with Gasteiger partial charge < -0.3 is 24.8 Å². The molecule has 0 nitrogen and oxygen atoms in total. The molecule has 2 rings (SSSR count). The second-order valence-electron chi connectivity index (χ2n) is 6.69. The Hall–Kier alpha value is 0.423. The number of hydrogen-bond donors (Lipinski definition) is 0. The molecule has 0 aliphatic heterocycles. The van der Waals surface area contributed by atoms with Crippen molar-refractivity contribution in [1.82, 2.24) is 0 Å². The van der Waals surface area contributed by atoms with Crippen molar-refractivity contribution in [2.75, 3.05) is 0 Å². The molecule has 23 heavy (non-hydrogen) atoms. The monoisotopic (exact) mass is 430 g/mol. The Morgan fingerprint density at radius 2 is 1.09 bits per heavy atom. The van der Waals surface area contributed by atoms with Crippen LogP contribution in [-0.2, 0) is 26.2 Å². The van der Waals surface area contributed by atoms with Crippen LogP contribution in [0, 0.1) is 24.0 Å². The van der Waals surface area contributed by atoms with Crippen LogP contribution in [0.15, 0.2) is 34.4 Å². The molecule has 2 aliphatic carbocycles. The summed E-state index contributed by atoms with van der Waals surface area (Å²) in [5.41, 5.74) is 5.76. The third-order valence-electron chi connectivity index (χ3n) is 3.62. The van der Waals surface area contributed by atoms with Gasteiger partial charge in [-0.2, -0.15) is 12.2 Å². The van der Waals surface area contributed by atoms with Crippen molar-refractivity contribution in [3.63, 3.8) is 0 Å². The van der Waals surface area contributed by atoms with E-state index in [9.17, 15) is 0 Å². The molecule has 0 fully saturated rings. The Balaban J connectivity index is -0.000000308. The van der Waals surface area contributed by atoms with E-state index in [4.69, 9.17) is 0 Å². The van der Waals surface area contributed by atoms with Gasteiger partial charge in [-0.15, -0.1) is 26.7 Å². The number of rotatable bonds is 4. The normalized spacial score (nSPS) is 15.3. The predicted molar refractivity (Wildman–Crippen MR) is 89.2 cm³/mol. The molecule has 0 spiro atoms. The minimum atomic E-state index is 0. The van der Waals surface area contributed by atoms with Crippen LogP contribution < -0.4 is 24.8 Å². The SMILES string of the molecule is CC1=CC[C-]=C1CC(C)C.CC1=CC[C-]=C1CC(C)C.[Cl-].[Cl-].[Zr+4]. The molecule has 0 saturated carbocycles. The van der Waals surface area contributed by atoms with Crippen molar-refractivity contribution in [2.24, 2.45) is 11.8 Å². The Morgan fingerprint density at radius 3 is 1.26 bits per heavy atom. The Bertz CT molecular complexity index is 399. The van der Waals surface area contributed by atoms with Gasteiger partial charge >= 0.3 is 26.2 Å². The van der Waals surface area contributed by atoms with E-state index in [0.717, 1.165) is 24.7 Å². The molecule has 2 aliphatic rings. The van der Waals surface area contributed by atoms with Gasteiger partial charge in [0.2, 0.25) is 0 Å². The van der Waals surface area contributed by atoms with E-state index >= 15 is 0 Å². The van der Waals surface area contributed by atoms with Gasteiger partial charge in [0, 0.05) is 0 Å². The van der Waals surface area contributed by atoms with Gasteiger partial charge in [-0.05, 0) is 11.8 Å². The fourth-order valence-electron chi connectivity index (χ4n) is 2.46. The Labute approximate surface area is 175 Å². The van der Waals surface area contributed by atoms with Crippen LogP contribution in [-0.4, -0.2) is 0 Å². The molecule has 3 heteroatoms. The summed E-state index contributed by atoms with van der Waals surface area (Å²) in [4.78, 5) is 0. The molecule has 128 valence electrons. The first kappa shape index (κ1) is 28.2. The molecule has 0 unspecified atom stereocenters. The molecular weight excluding hydrogens is 402 g/mol. The first-order chi connectivity index (χ1) is 9.40. The molecule has 0 saturated heterocycles. The summed E-state index contributed by atoms with van der Waals surface area (Å²) in [5.74, 6) is 1.54. The van der Waals surface area contributed by atoms with Crippen LogP contribution in [0.5, 0.6) is 0 Å². The summed E-state index contributed by atoms with van der Waals surface area (Å²) in [6, 6.07) is 0. The van der Waals surface area contributed by atoms with E-state index in [1.807, 2.05) is 0 Å². The number of halogens is 2. The molecule has 0 bridgehead atoms. The molecule has 0 radical (unpaired) electrons. The van der Waals surface area contributed by atoms with Gasteiger partial charge in [0.15, 0.2) is 0 Å². The van der Waals surface area contributed by atoms with Gasteiger partial charge in [0.1, 0.15) is 0 Å². The van der Waals surface area contributed by atoms with E-state index in [1.54, 1.807) is 0 Å². The van der Waals surface area contributed by atoms with Crippen LogP contribution in [0.1, 0.15) is 67.2 Å². The minimum Gasteiger partial charge on any atom is -1.00 e. The van der Waals surface area contributed by atoms with Gasteiger partial charge in [-0.1, -0.05) is 40.5 Å². The van der Waals surface area contributed by atoms with Crippen molar-refractivity contribution in [2.45, 2.75) is 67.2 Å². The van der Waals surface area contributed by atoms with Crippen LogP contribution in [0.3, 0.4) is 0 Å². The quantitative estimate of drug-likeness (QED) is 0.558. The maximum Gasteiger partial charge on any atom is 4.00 e. The Morgan fingerprint density at radius 1 is 0.783 bits per heavy atom. The van der Waals surface area contributed by atoms with Crippen molar-refractivity contribution in [3.05, 3.63) is 46.6 Å². The first-order valence-electron chi connectivity index (χ1n) is 7.93. The van der Waals surface area contributed by atoms with Crippen LogP contribution >= 0.6 is 0 Å². The summed E-state index contributed by atoms with van der Waals surface area (Å²) in [7, 11) is 0. The molecule has 0 heterocycles. The summed E-state index contributed by atoms with van der Waals surface area (Å²) in [5, 5.41) is 0. The van der Waals surface area contributed by atoms with Gasteiger partial charge in [0.25, 0.3) is 0 Å². The average molecular weight is 433 g/mol. The number of allylic oxidation sites excluding steroid dienone is 8. The second-order valence-corrected chi connectivity index (χ2v) is 6.69. The molecule has 0 amide bonds. The fraction of sp³-hybridized carbons (Fsp3) is 0.600. The van der Waals surface area contributed by atoms with Gasteiger partial charge in [0.05, 0.1) is 0 Å². The average Bonchev–Trinajstić information content (AvgIpc) is 2.90. The van der Waals surface area contributed by atoms with Crippen LogP contribution in [0.2, 0.25) is 0 Å². The molecule has 0 aromatic carbocycles. The topological polar surface area (TPSA) is 0 Å². The Kier molecular flexibility index (Phi) is 18.1. The largest absolute Gasteiger partial charge is 4.00 e. The van der Waals surface area contributed by atoms with Crippen molar-refractivity contribution >= 4 is 0 Å². The smallest absolute Gasteiger partial charge is 1.00 e. The fourth-order valence-corrected chi connectivity index (χ4v) is 2.46. The van der Waals surface area contributed by atoms with E-state index in [1.165, 1.54) is 35.1 Å². The molecule has 0 N–H and O–H groups in total. The maximum atomic E-state index is 3.36. The summed E-state index contributed by atoms with van der Waals surface area (Å²) < 4.78 is 0. The summed E-state index contributed by atoms with van der Waals surface area (Å²) >= 11 is 0. The van der Waals surface area contributed by atoms with Crippen LogP contribution in [0.4, 0.5) is 0 Å². The second kappa shape index (κ2) is 14.7. The molecular formula is C20H30Cl2Zr. The van der Waals surface area contributed by atoms with Crippen molar-refractivity contribution in [1.29, 1.82) is 0 Å². The molecule has 0 atom stereocenters. The van der Waals surface area contributed by atoms with Crippen LogP contribution in [0.25, 0.3) is 0 Å². The van der Waals surface area contributed by atoms with E-state index < -0.39 is 0 Å². The standard InChI is InChI=1S/2C10H15.2ClH.Zr/c2*1-8(2)7-10-6-4-5-9(10)3;;;/h2*5,8H,4,7H2,1-3H3;2*1H;/q2*-1;;;+4/p-2. The van der Waals surface area contributed by atoms with Gasteiger partial charge in [-0.25, -0.2) is 22.3 Å². The minimum absolute atomic E-state index is 0. The molecule has 0 aromatic heterocycles. The van der Waals surface area contributed by atoms with Crippen molar-refractivity contribution < 1.29 is 51.0 Å². The zero-order chi connectivity index (χ0) is 15.1. The van der Waals surface area contributed by atoms with E-state index in [0.29, 0.717) is 0 Å². The number of hydrogen-bond acceptors (Lipinski definition) is 0. The third-order valence-corrected chi connectivity index (χ3v) is 3.62. The van der Waals surface area contributed by atoms with E-state index in [2.05, 4.69) is 65.8 Å². The summed E-state index contributed by atoms with van der Waals surface area (Å²) in [6.07, 6.45) is 15.7. The van der Waals surface area contributed by atoms with Gasteiger partial charge in [-0.3, -0.25) is 12.2 Å². The zero-order valence-corrected chi connectivity index (χ0v) is 19.4. The maximum absolute atomic E-state index is 3.36. The first-order valence-corrected chi connectivity index (χ1v) is 7.93. The molecule has 0 aromatic rings. The predicted octanol–water partition coefficient (Wildman–Crippen LogP) is 0.230. The van der Waals surface area contributed by atoms with Crippen molar-refractivity contribution in [3.8, 4) is 0 Å². The summed E-state index contributed by atoms with van der Waals surface area (Å²) in [6.45, 7) is 13.4. The van der Waals surface area contributed by atoms with E-state index in [-0.39, 0.29) is 51.0 Å². The third kappa shape index (κ3) is 11.6. The zero-order valence-electron chi connectivity index (χ0n) is 15.4.